The van der Waals surface area contributed by atoms with Crippen LogP contribution in [-0.4, -0.2) is 34.6 Å². The lowest BCUT2D eigenvalue weighted by atomic mass is 10.3. The standard InChI is InChI=1S/C10H13N3O5/c1-6(9(16)18-2)11-8(15)5-13-4-3-7(14)12-10(13)17/h3-4,6H,5H2,1-2H3,(H,11,15)(H,12,14,17)/t6-/m0/s1. The smallest absolute Gasteiger partial charge is 0.328 e. The number of carbonyl (C=O) groups excluding carboxylic acids is 2. The summed E-state index contributed by atoms with van der Waals surface area (Å²) in [6.07, 6.45) is 1.20. The zero-order valence-electron chi connectivity index (χ0n) is 9.93. The molecule has 0 aliphatic carbocycles. The molecule has 98 valence electrons. The SMILES string of the molecule is COC(=O)[C@H](C)NC(=O)Cn1ccc(=O)[nH]c1=O. The van der Waals surface area contributed by atoms with Gasteiger partial charge in [0.2, 0.25) is 5.91 Å². The highest BCUT2D eigenvalue weighted by Crippen LogP contribution is 1.87. The number of ether oxygens (including phenoxy) is 1. The lowest BCUT2D eigenvalue weighted by molar-refractivity contribution is -0.144. The molecule has 0 aromatic carbocycles. The summed E-state index contributed by atoms with van der Waals surface area (Å²) in [6, 6.07) is 0.319. The summed E-state index contributed by atoms with van der Waals surface area (Å²) in [5, 5.41) is 2.36. The van der Waals surface area contributed by atoms with E-state index in [1.54, 1.807) is 0 Å². The first-order valence-electron chi connectivity index (χ1n) is 5.11. The van der Waals surface area contributed by atoms with E-state index < -0.39 is 29.2 Å². The van der Waals surface area contributed by atoms with E-state index in [-0.39, 0.29) is 6.54 Å². The van der Waals surface area contributed by atoms with Crippen molar-refractivity contribution in [2.45, 2.75) is 19.5 Å². The van der Waals surface area contributed by atoms with E-state index in [2.05, 4.69) is 10.1 Å². The number of hydrogen-bond donors (Lipinski definition) is 2. The van der Waals surface area contributed by atoms with Crippen LogP contribution in [0.5, 0.6) is 0 Å². The van der Waals surface area contributed by atoms with Crippen molar-refractivity contribution >= 4 is 11.9 Å². The van der Waals surface area contributed by atoms with Gasteiger partial charge >= 0.3 is 11.7 Å². The van der Waals surface area contributed by atoms with Crippen LogP contribution in [0.15, 0.2) is 21.9 Å². The van der Waals surface area contributed by atoms with Crippen LogP contribution in [0.1, 0.15) is 6.92 Å². The number of aromatic amines is 1. The van der Waals surface area contributed by atoms with Gasteiger partial charge in [0.1, 0.15) is 12.6 Å². The van der Waals surface area contributed by atoms with Gasteiger partial charge in [0.15, 0.2) is 0 Å². The highest BCUT2D eigenvalue weighted by Gasteiger charge is 2.16. The Labute approximate surface area is 102 Å². The Kier molecular flexibility index (Phi) is 4.41. The first kappa shape index (κ1) is 13.7. The van der Waals surface area contributed by atoms with Gasteiger partial charge in [0.05, 0.1) is 7.11 Å². The summed E-state index contributed by atoms with van der Waals surface area (Å²) in [6.45, 7) is 1.16. The van der Waals surface area contributed by atoms with Crippen molar-refractivity contribution in [1.82, 2.24) is 14.9 Å². The van der Waals surface area contributed by atoms with Crippen LogP contribution >= 0.6 is 0 Å². The number of H-pyrrole nitrogens is 1. The molecular formula is C10H13N3O5. The Hall–Kier alpha value is -2.38. The summed E-state index contributed by atoms with van der Waals surface area (Å²) < 4.78 is 5.45. The van der Waals surface area contributed by atoms with E-state index in [1.165, 1.54) is 20.2 Å². The van der Waals surface area contributed by atoms with Crippen LogP contribution in [0.3, 0.4) is 0 Å². The molecule has 0 radical (unpaired) electrons. The lowest BCUT2D eigenvalue weighted by Crippen LogP contribution is -2.42. The number of nitrogens with zero attached hydrogens (tertiary/aromatic N) is 1. The third kappa shape index (κ3) is 3.58. The van der Waals surface area contributed by atoms with Crippen molar-refractivity contribution in [2.75, 3.05) is 7.11 Å². The van der Waals surface area contributed by atoms with Crippen LogP contribution < -0.4 is 16.6 Å². The van der Waals surface area contributed by atoms with Crippen molar-refractivity contribution < 1.29 is 14.3 Å². The predicted octanol–water partition coefficient (Wildman–Crippen LogP) is -1.79. The molecule has 8 nitrogen and oxygen atoms in total. The van der Waals surface area contributed by atoms with Crippen molar-refractivity contribution in [3.63, 3.8) is 0 Å². The molecule has 1 heterocycles. The molecule has 0 saturated carbocycles. The highest BCUT2D eigenvalue weighted by atomic mass is 16.5. The van der Waals surface area contributed by atoms with E-state index >= 15 is 0 Å². The number of carbonyl (C=O) groups is 2. The van der Waals surface area contributed by atoms with Crippen LogP contribution in [0.25, 0.3) is 0 Å². The molecule has 2 N–H and O–H groups in total. The molecule has 1 aromatic rings. The van der Waals surface area contributed by atoms with Crippen molar-refractivity contribution in [3.8, 4) is 0 Å². The number of nitrogens with one attached hydrogen (secondary N) is 2. The Balaban J connectivity index is 2.68. The fourth-order valence-corrected chi connectivity index (χ4v) is 1.25. The van der Waals surface area contributed by atoms with Gasteiger partial charge in [-0.3, -0.25) is 19.1 Å². The largest absolute Gasteiger partial charge is 0.467 e. The molecule has 0 aliphatic rings. The average Bonchev–Trinajstić information content (AvgIpc) is 2.31. The second kappa shape index (κ2) is 5.80. The number of amides is 1. The van der Waals surface area contributed by atoms with Crippen molar-refractivity contribution in [3.05, 3.63) is 33.1 Å². The number of rotatable bonds is 4. The second-order valence-corrected chi connectivity index (χ2v) is 3.55. The van der Waals surface area contributed by atoms with E-state index in [9.17, 15) is 19.2 Å². The first-order valence-corrected chi connectivity index (χ1v) is 5.11. The highest BCUT2D eigenvalue weighted by molar-refractivity contribution is 5.83. The van der Waals surface area contributed by atoms with Gasteiger partial charge in [-0.2, -0.15) is 0 Å². The van der Waals surface area contributed by atoms with Crippen LogP contribution in [-0.2, 0) is 20.9 Å². The summed E-state index contributed by atoms with van der Waals surface area (Å²) in [5.41, 5.74) is -1.23. The van der Waals surface area contributed by atoms with Gasteiger partial charge in [-0.15, -0.1) is 0 Å². The molecule has 1 amide bonds. The molecule has 1 rings (SSSR count). The second-order valence-electron chi connectivity index (χ2n) is 3.55. The third-order valence-corrected chi connectivity index (χ3v) is 2.14. The quantitative estimate of drug-likeness (QED) is 0.618. The topological polar surface area (TPSA) is 110 Å². The maximum absolute atomic E-state index is 11.5. The van der Waals surface area contributed by atoms with E-state index in [4.69, 9.17) is 0 Å². The van der Waals surface area contributed by atoms with Gasteiger partial charge in [-0.25, -0.2) is 9.59 Å². The molecule has 8 heteroatoms. The van der Waals surface area contributed by atoms with Gasteiger partial charge in [0.25, 0.3) is 5.56 Å². The minimum Gasteiger partial charge on any atom is -0.467 e. The zero-order chi connectivity index (χ0) is 13.7. The fourth-order valence-electron chi connectivity index (χ4n) is 1.25. The Bertz CT molecular complexity index is 559. The third-order valence-electron chi connectivity index (χ3n) is 2.14. The van der Waals surface area contributed by atoms with Crippen molar-refractivity contribution in [2.24, 2.45) is 0 Å². The maximum Gasteiger partial charge on any atom is 0.328 e. The molecule has 0 fully saturated rings. The Morgan fingerprint density at radius 1 is 1.50 bits per heavy atom. The Morgan fingerprint density at radius 2 is 2.17 bits per heavy atom. The predicted molar refractivity (Wildman–Crippen MR) is 60.9 cm³/mol. The number of aromatic nitrogens is 2. The van der Waals surface area contributed by atoms with Gasteiger partial charge in [-0.1, -0.05) is 0 Å². The average molecular weight is 255 g/mol. The van der Waals surface area contributed by atoms with Crippen LogP contribution in [0.2, 0.25) is 0 Å². The zero-order valence-corrected chi connectivity index (χ0v) is 9.93. The number of methoxy groups -OCH3 is 1. The molecule has 0 saturated heterocycles. The molecule has 0 unspecified atom stereocenters. The fraction of sp³-hybridized carbons (Fsp3) is 0.400. The summed E-state index contributed by atoms with van der Waals surface area (Å²) >= 11 is 0. The minimum absolute atomic E-state index is 0.295. The molecule has 0 spiro atoms. The van der Waals surface area contributed by atoms with Crippen LogP contribution in [0.4, 0.5) is 0 Å². The molecule has 1 aromatic heterocycles. The van der Waals surface area contributed by atoms with Crippen LogP contribution in [0, 0.1) is 0 Å². The maximum atomic E-state index is 11.5. The molecule has 1 atom stereocenters. The molecule has 0 aliphatic heterocycles. The normalized spacial score (nSPS) is 11.7. The van der Waals surface area contributed by atoms with Gasteiger partial charge in [-0.05, 0) is 6.92 Å². The van der Waals surface area contributed by atoms with Gasteiger partial charge < -0.3 is 10.1 Å². The monoisotopic (exact) mass is 255 g/mol. The lowest BCUT2D eigenvalue weighted by Gasteiger charge is -2.11. The van der Waals surface area contributed by atoms with E-state index in [0.29, 0.717) is 0 Å². The number of esters is 1. The summed E-state index contributed by atoms with van der Waals surface area (Å²) in [5.74, 6) is -1.13. The summed E-state index contributed by atoms with van der Waals surface area (Å²) in [7, 11) is 1.21. The number of hydrogen-bond acceptors (Lipinski definition) is 5. The van der Waals surface area contributed by atoms with E-state index in [0.717, 1.165) is 10.6 Å². The van der Waals surface area contributed by atoms with Crippen molar-refractivity contribution in [1.29, 1.82) is 0 Å². The molecule has 18 heavy (non-hydrogen) atoms. The minimum atomic E-state index is -0.805. The first-order chi connectivity index (χ1) is 8.43. The summed E-state index contributed by atoms with van der Waals surface area (Å²) in [4.78, 5) is 46.7. The molecule has 0 bridgehead atoms. The van der Waals surface area contributed by atoms with Gasteiger partial charge in [0, 0.05) is 12.3 Å². The van der Waals surface area contributed by atoms with E-state index in [1.807, 2.05) is 4.98 Å². The Morgan fingerprint density at radius 3 is 2.72 bits per heavy atom. The molecular weight excluding hydrogens is 242 g/mol.